The standard InChI is InChI=1S/C12H24O2Si/c1-13-12(14-2)10-8-6-7-9-11(10,12)15(3,4)5/h10H,6-9H2,1-5H3. The van der Waals surface area contributed by atoms with Crippen LogP contribution < -0.4 is 0 Å². The van der Waals surface area contributed by atoms with E-state index in [-0.39, 0.29) is 5.79 Å². The van der Waals surface area contributed by atoms with E-state index in [1.54, 1.807) is 0 Å². The Hall–Kier alpha value is 0.137. The second-order valence-electron chi connectivity index (χ2n) is 6.10. The first-order valence-corrected chi connectivity index (χ1v) is 9.56. The van der Waals surface area contributed by atoms with Gasteiger partial charge in [-0.3, -0.25) is 0 Å². The zero-order chi connectivity index (χ0) is 11.3. The van der Waals surface area contributed by atoms with Crippen molar-refractivity contribution in [3.63, 3.8) is 0 Å². The van der Waals surface area contributed by atoms with Crippen molar-refractivity contribution < 1.29 is 9.47 Å². The van der Waals surface area contributed by atoms with Crippen LogP contribution in [0.1, 0.15) is 25.7 Å². The summed E-state index contributed by atoms with van der Waals surface area (Å²) in [5, 5.41) is 0.391. The lowest BCUT2D eigenvalue weighted by Crippen LogP contribution is -2.38. The van der Waals surface area contributed by atoms with Crippen LogP contribution in [-0.2, 0) is 9.47 Å². The highest BCUT2D eigenvalue weighted by Gasteiger charge is 2.82. The molecule has 0 aromatic heterocycles. The van der Waals surface area contributed by atoms with Crippen molar-refractivity contribution in [2.24, 2.45) is 5.92 Å². The fourth-order valence-electron chi connectivity index (χ4n) is 4.24. The van der Waals surface area contributed by atoms with Crippen LogP contribution in [0.4, 0.5) is 0 Å². The smallest absolute Gasteiger partial charge is 0.174 e. The van der Waals surface area contributed by atoms with Crippen molar-refractivity contribution in [2.75, 3.05) is 14.2 Å². The van der Waals surface area contributed by atoms with E-state index in [0.717, 1.165) is 0 Å². The number of methoxy groups -OCH3 is 2. The molecule has 0 bridgehead atoms. The molecule has 0 heterocycles. The van der Waals surface area contributed by atoms with Crippen LogP contribution in [0.3, 0.4) is 0 Å². The molecule has 0 radical (unpaired) electrons. The Morgan fingerprint density at radius 3 is 2.07 bits per heavy atom. The maximum Gasteiger partial charge on any atom is 0.174 e. The zero-order valence-electron chi connectivity index (χ0n) is 10.7. The summed E-state index contributed by atoms with van der Waals surface area (Å²) in [5.41, 5.74) is 0. The Bertz CT molecular complexity index is 255. The van der Waals surface area contributed by atoms with Crippen LogP contribution in [0.5, 0.6) is 0 Å². The lowest BCUT2D eigenvalue weighted by atomic mass is 10.0. The third-order valence-electron chi connectivity index (χ3n) is 4.85. The van der Waals surface area contributed by atoms with Gasteiger partial charge >= 0.3 is 0 Å². The quantitative estimate of drug-likeness (QED) is 0.545. The molecule has 88 valence electrons. The summed E-state index contributed by atoms with van der Waals surface area (Å²) < 4.78 is 11.6. The Morgan fingerprint density at radius 1 is 1.07 bits per heavy atom. The van der Waals surface area contributed by atoms with Gasteiger partial charge in [0, 0.05) is 25.2 Å². The maximum absolute atomic E-state index is 5.79. The van der Waals surface area contributed by atoms with Gasteiger partial charge in [0.05, 0.1) is 8.07 Å². The van der Waals surface area contributed by atoms with Crippen LogP contribution in [0, 0.1) is 5.92 Å². The van der Waals surface area contributed by atoms with E-state index in [2.05, 4.69) is 19.6 Å². The summed E-state index contributed by atoms with van der Waals surface area (Å²) in [6.45, 7) is 7.39. The van der Waals surface area contributed by atoms with E-state index < -0.39 is 8.07 Å². The molecule has 0 amide bonds. The van der Waals surface area contributed by atoms with Crippen molar-refractivity contribution in [2.45, 2.75) is 56.1 Å². The summed E-state index contributed by atoms with van der Waals surface area (Å²) in [7, 11) is 2.41. The SMILES string of the molecule is COC1(OC)C2CCCCC21[Si](C)(C)C. The van der Waals surface area contributed by atoms with Gasteiger partial charge in [-0.1, -0.05) is 32.5 Å². The minimum Gasteiger partial charge on any atom is -0.353 e. The maximum atomic E-state index is 5.79. The van der Waals surface area contributed by atoms with E-state index in [9.17, 15) is 0 Å². The first kappa shape index (κ1) is 11.6. The number of hydrogen-bond acceptors (Lipinski definition) is 2. The molecule has 2 rings (SSSR count). The van der Waals surface area contributed by atoms with E-state index in [1.165, 1.54) is 25.7 Å². The monoisotopic (exact) mass is 228 g/mol. The summed E-state index contributed by atoms with van der Waals surface area (Å²) in [6, 6.07) is 0. The van der Waals surface area contributed by atoms with Crippen molar-refractivity contribution in [3.8, 4) is 0 Å². The van der Waals surface area contributed by atoms with Crippen LogP contribution in [0.2, 0.25) is 24.7 Å². The number of ether oxygens (including phenoxy) is 2. The Balaban J connectivity index is 2.36. The fraction of sp³-hybridized carbons (Fsp3) is 1.00. The van der Waals surface area contributed by atoms with Gasteiger partial charge in [0.25, 0.3) is 0 Å². The highest BCUT2D eigenvalue weighted by Crippen LogP contribution is 2.80. The molecule has 0 N–H and O–H groups in total. The molecule has 2 fully saturated rings. The van der Waals surface area contributed by atoms with Crippen LogP contribution in [-0.4, -0.2) is 28.1 Å². The zero-order valence-corrected chi connectivity index (χ0v) is 11.7. The largest absolute Gasteiger partial charge is 0.353 e. The van der Waals surface area contributed by atoms with Gasteiger partial charge in [-0.05, 0) is 12.8 Å². The Kier molecular flexibility index (Phi) is 2.57. The molecule has 0 aromatic rings. The van der Waals surface area contributed by atoms with Crippen molar-refractivity contribution >= 4 is 8.07 Å². The second kappa shape index (κ2) is 3.31. The predicted octanol–water partition coefficient (Wildman–Crippen LogP) is 3.26. The molecule has 0 aromatic carbocycles. The first-order chi connectivity index (χ1) is 6.96. The number of rotatable bonds is 3. The molecule has 0 aliphatic heterocycles. The van der Waals surface area contributed by atoms with Gasteiger partial charge < -0.3 is 9.47 Å². The van der Waals surface area contributed by atoms with E-state index in [1.807, 2.05) is 14.2 Å². The molecule has 0 spiro atoms. The summed E-state index contributed by atoms with van der Waals surface area (Å²) in [4.78, 5) is 0. The molecular weight excluding hydrogens is 204 g/mol. The molecule has 2 unspecified atom stereocenters. The van der Waals surface area contributed by atoms with Gasteiger partial charge in [-0.2, -0.15) is 0 Å². The van der Waals surface area contributed by atoms with Crippen LogP contribution in [0.15, 0.2) is 0 Å². The summed E-state index contributed by atoms with van der Waals surface area (Å²) >= 11 is 0. The molecule has 15 heavy (non-hydrogen) atoms. The minimum absolute atomic E-state index is 0.228. The van der Waals surface area contributed by atoms with Crippen LogP contribution >= 0.6 is 0 Å². The van der Waals surface area contributed by atoms with Gasteiger partial charge in [-0.15, -0.1) is 0 Å². The molecule has 2 aliphatic carbocycles. The summed E-state index contributed by atoms with van der Waals surface area (Å²) in [5.74, 6) is 0.439. The summed E-state index contributed by atoms with van der Waals surface area (Å²) in [6.07, 6.45) is 5.32. The van der Waals surface area contributed by atoms with Crippen molar-refractivity contribution in [3.05, 3.63) is 0 Å². The molecule has 3 heteroatoms. The van der Waals surface area contributed by atoms with Crippen molar-refractivity contribution in [1.82, 2.24) is 0 Å². The molecule has 2 atom stereocenters. The minimum atomic E-state index is -1.23. The predicted molar refractivity (Wildman–Crippen MR) is 64.7 cm³/mol. The van der Waals surface area contributed by atoms with Gasteiger partial charge in [0.1, 0.15) is 0 Å². The lowest BCUT2D eigenvalue weighted by Gasteiger charge is -2.35. The van der Waals surface area contributed by atoms with Gasteiger partial charge in [0.15, 0.2) is 5.79 Å². The van der Waals surface area contributed by atoms with Crippen LogP contribution in [0.25, 0.3) is 0 Å². The first-order valence-electron chi connectivity index (χ1n) is 6.06. The van der Waals surface area contributed by atoms with Gasteiger partial charge in [-0.25, -0.2) is 0 Å². The molecule has 2 nitrogen and oxygen atoms in total. The van der Waals surface area contributed by atoms with E-state index >= 15 is 0 Å². The normalized spacial score (nSPS) is 38.6. The third-order valence-corrected chi connectivity index (χ3v) is 8.47. The highest BCUT2D eigenvalue weighted by atomic mass is 28.3. The molecule has 2 aliphatic rings. The average molecular weight is 228 g/mol. The topological polar surface area (TPSA) is 18.5 Å². The fourth-order valence-corrected chi connectivity index (χ4v) is 7.90. The Labute approximate surface area is 94.4 Å². The average Bonchev–Trinajstić information content (AvgIpc) is 2.82. The Morgan fingerprint density at radius 2 is 1.67 bits per heavy atom. The number of hydrogen-bond donors (Lipinski definition) is 0. The second-order valence-corrected chi connectivity index (χ2v) is 11.5. The molecular formula is C12H24O2Si. The molecule has 0 saturated heterocycles. The van der Waals surface area contributed by atoms with E-state index in [4.69, 9.17) is 9.47 Å². The van der Waals surface area contributed by atoms with Crippen molar-refractivity contribution in [1.29, 1.82) is 0 Å². The van der Waals surface area contributed by atoms with E-state index in [0.29, 0.717) is 11.0 Å². The third kappa shape index (κ3) is 1.17. The van der Waals surface area contributed by atoms with Gasteiger partial charge in [0.2, 0.25) is 0 Å². The number of fused-ring (bicyclic) bond motifs is 1. The highest BCUT2D eigenvalue weighted by molar-refractivity contribution is 6.80. The lowest BCUT2D eigenvalue weighted by molar-refractivity contribution is -0.147. The molecule has 2 saturated carbocycles.